The van der Waals surface area contributed by atoms with Crippen molar-refractivity contribution in [3.63, 3.8) is 0 Å². The number of benzene rings is 2. The maximum absolute atomic E-state index is 12.3. The number of carboxylic acid groups (broad SMARTS) is 1. The molecule has 2 aromatic carbocycles. The molecule has 1 amide bonds. The number of ether oxygens (including phenoxy) is 2. The topological polar surface area (TPSA) is 109 Å². The smallest absolute Gasteiger partial charge is 0.335 e. The molecule has 1 aliphatic heterocycles. The van der Waals surface area contributed by atoms with Crippen LogP contribution in [0.5, 0.6) is 11.5 Å². The molecule has 0 aliphatic carbocycles. The number of aromatic carboxylic acids is 1. The van der Waals surface area contributed by atoms with Crippen LogP contribution in [0.4, 0.5) is 5.69 Å². The predicted molar refractivity (Wildman–Crippen MR) is 93.2 cm³/mol. The Morgan fingerprint density at radius 3 is 2.65 bits per heavy atom. The number of carboxylic acids is 1. The second kappa shape index (κ2) is 7.17. The minimum Gasteiger partial charge on any atom is -0.478 e. The second-order valence-corrected chi connectivity index (χ2v) is 5.64. The highest BCUT2D eigenvalue weighted by atomic mass is 35.5. The minimum absolute atomic E-state index is 0.0177. The van der Waals surface area contributed by atoms with E-state index in [4.69, 9.17) is 26.2 Å². The lowest BCUT2D eigenvalue weighted by Crippen LogP contribution is -2.14. The molecule has 3 rings (SSSR count). The summed E-state index contributed by atoms with van der Waals surface area (Å²) >= 11 is 6.14. The average molecular weight is 371 g/mol. The number of nitrogens with one attached hydrogen (secondary N) is 1. The maximum atomic E-state index is 12.3. The molecule has 2 N–H and O–H groups in total. The van der Waals surface area contributed by atoms with E-state index in [1.165, 1.54) is 30.3 Å². The molecule has 7 nitrogen and oxygen atoms in total. The number of nitriles is 1. The maximum Gasteiger partial charge on any atom is 0.335 e. The summed E-state index contributed by atoms with van der Waals surface area (Å²) in [7, 11) is 0. The number of nitrogens with zero attached hydrogens (tertiary/aromatic N) is 1. The highest BCUT2D eigenvalue weighted by molar-refractivity contribution is 6.32. The van der Waals surface area contributed by atoms with Crippen LogP contribution >= 0.6 is 11.6 Å². The van der Waals surface area contributed by atoms with Crippen molar-refractivity contribution in [1.82, 2.24) is 0 Å². The average Bonchev–Trinajstić information content (AvgIpc) is 3.06. The van der Waals surface area contributed by atoms with Gasteiger partial charge in [-0.3, -0.25) is 4.79 Å². The van der Waals surface area contributed by atoms with Crippen LogP contribution in [-0.2, 0) is 4.79 Å². The molecule has 0 unspecified atom stereocenters. The van der Waals surface area contributed by atoms with Gasteiger partial charge in [0.1, 0.15) is 11.6 Å². The number of fused-ring (bicyclic) bond motifs is 1. The normalized spacial score (nSPS) is 12.4. The molecule has 2 aromatic rings. The molecule has 0 fully saturated rings. The second-order valence-electron chi connectivity index (χ2n) is 5.24. The van der Waals surface area contributed by atoms with E-state index >= 15 is 0 Å². The highest BCUT2D eigenvalue weighted by Gasteiger charge is 2.17. The summed E-state index contributed by atoms with van der Waals surface area (Å²) in [6.45, 7) is 0.0738. The Bertz CT molecular complexity index is 978. The lowest BCUT2D eigenvalue weighted by molar-refractivity contribution is -0.112. The molecule has 0 atom stereocenters. The van der Waals surface area contributed by atoms with E-state index in [0.717, 1.165) is 0 Å². The number of hydrogen-bond acceptors (Lipinski definition) is 5. The number of carbonyl (C=O) groups is 2. The standard InChI is InChI=1S/C18H11ClN2O5/c19-14-7-16-15(25-9-26-16)6-11(14)4-12(8-20)17(22)21-13-3-1-2-10(5-13)18(23)24/h1-7H,9H2,(H,21,22)(H,23,24)/b12-4-. The van der Waals surface area contributed by atoms with Crippen LogP contribution in [0.25, 0.3) is 6.08 Å². The van der Waals surface area contributed by atoms with Crippen LogP contribution in [0.1, 0.15) is 15.9 Å². The summed E-state index contributed by atoms with van der Waals surface area (Å²) in [5, 5.41) is 21.1. The zero-order chi connectivity index (χ0) is 18.7. The zero-order valence-electron chi connectivity index (χ0n) is 13.2. The van der Waals surface area contributed by atoms with Crippen molar-refractivity contribution in [1.29, 1.82) is 5.26 Å². The first-order valence-electron chi connectivity index (χ1n) is 7.33. The van der Waals surface area contributed by atoms with E-state index in [1.54, 1.807) is 18.2 Å². The summed E-state index contributed by atoms with van der Waals surface area (Å²) < 4.78 is 10.5. The van der Waals surface area contributed by atoms with Crippen molar-refractivity contribution in [2.45, 2.75) is 0 Å². The van der Waals surface area contributed by atoms with Crippen molar-refractivity contribution >= 4 is 35.2 Å². The summed E-state index contributed by atoms with van der Waals surface area (Å²) in [6.07, 6.45) is 1.32. The van der Waals surface area contributed by atoms with Crippen molar-refractivity contribution in [2.75, 3.05) is 12.1 Å². The van der Waals surface area contributed by atoms with E-state index in [0.29, 0.717) is 22.1 Å². The third kappa shape index (κ3) is 3.61. The Balaban J connectivity index is 1.86. The van der Waals surface area contributed by atoms with E-state index in [-0.39, 0.29) is 23.6 Å². The SMILES string of the molecule is N#C/C(=C/c1cc2c(cc1Cl)OCO2)C(=O)Nc1cccc(C(=O)O)c1. The zero-order valence-corrected chi connectivity index (χ0v) is 13.9. The largest absolute Gasteiger partial charge is 0.478 e. The molecule has 8 heteroatoms. The van der Waals surface area contributed by atoms with E-state index in [1.807, 2.05) is 0 Å². The first-order chi connectivity index (χ1) is 12.5. The van der Waals surface area contributed by atoms with Crippen molar-refractivity contribution < 1.29 is 24.2 Å². The Morgan fingerprint density at radius 2 is 1.96 bits per heavy atom. The van der Waals surface area contributed by atoms with Gasteiger partial charge in [0.15, 0.2) is 11.5 Å². The van der Waals surface area contributed by atoms with Gasteiger partial charge in [0.25, 0.3) is 5.91 Å². The van der Waals surface area contributed by atoms with Gasteiger partial charge >= 0.3 is 5.97 Å². The van der Waals surface area contributed by atoms with Crippen LogP contribution in [0, 0.1) is 11.3 Å². The molecule has 0 saturated carbocycles. The molecule has 130 valence electrons. The van der Waals surface area contributed by atoms with Crippen LogP contribution in [0.15, 0.2) is 42.0 Å². The summed E-state index contributed by atoms with van der Waals surface area (Å²) in [5.74, 6) is -0.860. The first-order valence-corrected chi connectivity index (χ1v) is 7.71. The molecule has 0 spiro atoms. The van der Waals surface area contributed by atoms with E-state index in [2.05, 4.69) is 5.32 Å². The third-order valence-corrected chi connectivity index (χ3v) is 3.85. The number of hydrogen-bond donors (Lipinski definition) is 2. The minimum atomic E-state index is -1.12. The summed E-state index contributed by atoms with van der Waals surface area (Å²) in [6, 6.07) is 10.6. The van der Waals surface area contributed by atoms with Crippen LogP contribution in [0.2, 0.25) is 5.02 Å². The number of anilines is 1. The third-order valence-electron chi connectivity index (χ3n) is 3.52. The van der Waals surface area contributed by atoms with Gasteiger partial charge in [0, 0.05) is 11.8 Å². The van der Waals surface area contributed by atoms with E-state index in [9.17, 15) is 14.9 Å². The van der Waals surface area contributed by atoms with E-state index < -0.39 is 11.9 Å². The molecule has 26 heavy (non-hydrogen) atoms. The van der Waals surface area contributed by atoms with Gasteiger partial charge in [0.05, 0.1) is 10.6 Å². The monoisotopic (exact) mass is 370 g/mol. The Morgan fingerprint density at radius 1 is 1.23 bits per heavy atom. The number of halogens is 1. The lowest BCUT2D eigenvalue weighted by Gasteiger charge is -2.06. The fourth-order valence-electron chi connectivity index (χ4n) is 2.28. The number of amides is 1. The Labute approximate surface area is 153 Å². The van der Waals surface area contributed by atoms with Gasteiger partial charge in [-0.1, -0.05) is 17.7 Å². The first kappa shape index (κ1) is 17.3. The lowest BCUT2D eigenvalue weighted by atomic mass is 10.1. The molecule has 0 bridgehead atoms. The van der Waals surface area contributed by atoms with Gasteiger partial charge in [-0.2, -0.15) is 5.26 Å². The molecule has 0 radical (unpaired) electrons. The summed E-state index contributed by atoms with van der Waals surface area (Å²) in [4.78, 5) is 23.3. The molecule has 1 aliphatic rings. The molecular formula is C18H11ClN2O5. The van der Waals surface area contributed by atoms with Crippen molar-refractivity contribution in [2.24, 2.45) is 0 Å². The van der Waals surface area contributed by atoms with Gasteiger partial charge < -0.3 is 19.9 Å². The van der Waals surface area contributed by atoms with Crippen LogP contribution in [0.3, 0.4) is 0 Å². The van der Waals surface area contributed by atoms with Gasteiger partial charge in [-0.25, -0.2) is 4.79 Å². The Hall–Kier alpha value is -3.50. The molecule has 0 aromatic heterocycles. The van der Waals surface area contributed by atoms with Crippen molar-refractivity contribution in [3.8, 4) is 17.6 Å². The van der Waals surface area contributed by atoms with Gasteiger partial charge in [-0.15, -0.1) is 0 Å². The van der Waals surface area contributed by atoms with Crippen LogP contribution in [-0.4, -0.2) is 23.8 Å². The number of rotatable bonds is 4. The fraction of sp³-hybridized carbons (Fsp3) is 0.0556. The van der Waals surface area contributed by atoms with Crippen molar-refractivity contribution in [3.05, 3.63) is 58.1 Å². The molecular weight excluding hydrogens is 360 g/mol. The fourth-order valence-corrected chi connectivity index (χ4v) is 2.48. The quantitative estimate of drug-likeness (QED) is 0.631. The Kier molecular flexibility index (Phi) is 4.78. The molecule has 1 heterocycles. The predicted octanol–water partition coefficient (Wildman–Crippen LogP) is 3.31. The van der Waals surface area contributed by atoms with Crippen LogP contribution < -0.4 is 14.8 Å². The van der Waals surface area contributed by atoms with Gasteiger partial charge in [0.2, 0.25) is 6.79 Å². The molecule has 0 saturated heterocycles. The van der Waals surface area contributed by atoms with Gasteiger partial charge in [-0.05, 0) is 35.9 Å². The summed E-state index contributed by atoms with van der Waals surface area (Å²) in [5.41, 5.74) is 0.491. The number of carbonyl (C=O) groups excluding carboxylic acids is 1. The highest BCUT2D eigenvalue weighted by Crippen LogP contribution is 2.37.